The molecular weight excluding hydrogens is 353 g/mol. The monoisotopic (exact) mass is 373 g/mol. The number of carbonyl (C=O) groups excluding carboxylic acids is 1. The van der Waals surface area contributed by atoms with Crippen LogP contribution in [-0.2, 0) is 11.2 Å². The van der Waals surface area contributed by atoms with E-state index in [4.69, 9.17) is 5.73 Å². The van der Waals surface area contributed by atoms with Crippen molar-refractivity contribution in [1.29, 1.82) is 0 Å². The number of amides is 1. The molecule has 1 aromatic heterocycles. The molecule has 2 aromatic rings. The van der Waals surface area contributed by atoms with Gasteiger partial charge >= 0.3 is 0 Å². The molecule has 2 N–H and O–H groups in total. The topological polar surface area (TPSA) is 59.2 Å². The van der Waals surface area contributed by atoms with E-state index in [9.17, 15) is 4.79 Å². The quantitative estimate of drug-likeness (QED) is 0.898. The van der Waals surface area contributed by atoms with Gasteiger partial charge in [-0.1, -0.05) is 23.8 Å². The summed E-state index contributed by atoms with van der Waals surface area (Å²) in [6.07, 6.45) is 1.27. The van der Waals surface area contributed by atoms with Gasteiger partial charge in [0.2, 0.25) is 5.91 Å². The molecule has 0 spiro atoms. The summed E-state index contributed by atoms with van der Waals surface area (Å²) in [5.41, 5.74) is 9.02. The van der Waals surface area contributed by atoms with Crippen molar-refractivity contribution in [1.82, 2.24) is 9.88 Å². The summed E-state index contributed by atoms with van der Waals surface area (Å²) in [4.78, 5) is 18.6. The van der Waals surface area contributed by atoms with Gasteiger partial charge in [-0.15, -0.1) is 36.2 Å². The molecule has 1 aliphatic heterocycles. The van der Waals surface area contributed by atoms with Crippen molar-refractivity contribution < 1.29 is 4.79 Å². The molecule has 0 unspecified atom stereocenters. The zero-order chi connectivity index (χ0) is 14.8. The van der Waals surface area contributed by atoms with Gasteiger partial charge in [0.15, 0.2) is 0 Å². The molecule has 126 valence electrons. The lowest BCUT2D eigenvalue weighted by Gasteiger charge is -2.14. The maximum Gasteiger partial charge on any atom is 0.228 e. The van der Waals surface area contributed by atoms with E-state index in [1.807, 2.05) is 16.3 Å². The number of hydrogen-bond acceptors (Lipinski definition) is 4. The lowest BCUT2D eigenvalue weighted by molar-refractivity contribution is -0.129. The number of carbonyl (C=O) groups is 1. The number of aromatic nitrogens is 1. The highest BCUT2D eigenvalue weighted by atomic mass is 35.5. The van der Waals surface area contributed by atoms with E-state index >= 15 is 0 Å². The van der Waals surface area contributed by atoms with Crippen molar-refractivity contribution in [2.24, 2.45) is 5.73 Å². The molecule has 7 heteroatoms. The number of aryl methyl sites for hydroxylation is 1. The molecule has 4 nitrogen and oxygen atoms in total. The molecule has 1 saturated heterocycles. The Kier molecular flexibility index (Phi) is 7.48. The van der Waals surface area contributed by atoms with Crippen LogP contribution in [0, 0.1) is 6.92 Å². The summed E-state index contributed by atoms with van der Waals surface area (Å²) < 4.78 is 0. The fourth-order valence-corrected chi connectivity index (χ4v) is 3.40. The predicted octanol–water partition coefficient (Wildman–Crippen LogP) is 3.06. The van der Waals surface area contributed by atoms with Crippen molar-refractivity contribution in [3.05, 3.63) is 40.9 Å². The number of thiazole rings is 1. The van der Waals surface area contributed by atoms with Crippen molar-refractivity contribution >= 4 is 42.1 Å². The molecular formula is C16H21Cl2N3OS. The Bertz CT molecular complexity index is 662. The van der Waals surface area contributed by atoms with E-state index in [1.54, 1.807) is 11.3 Å². The average Bonchev–Trinajstić information content (AvgIpc) is 3.08. The van der Waals surface area contributed by atoms with Crippen LogP contribution < -0.4 is 5.73 Å². The average molecular weight is 374 g/mol. The molecule has 0 aliphatic carbocycles. The van der Waals surface area contributed by atoms with E-state index in [2.05, 4.69) is 30.1 Å². The Hall–Kier alpha value is -1.14. The van der Waals surface area contributed by atoms with Crippen LogP contribution in [0.3, 0.4) is 0 Å². The van der Waals surface area contributed by atoms with Gasteiger partial charge in [0.1, 0.15) is 5.01 Å². The first kappa shape index (κ1) is 19.9. The Labute approximate surface area is 152 Å². The fourth-order valence-electron chi connectivity index (χ4n) is 2.58. The smallest absolute Gasteiger partial charge is 0.228 e. The molecule has 1 atom stereocenters. The van der Waals surface area contributed by atoms with Crippen LogP contribution in [-0.4, -0.2) is 34.9 Å². The summed E-state index contributed by atoms with van der Waals surface area (Å²) >= 11 is 1.59. The molecule has 1 amide bonds. The second-order valence-electron chi connectivity index (χ2n) is 5.58. The third kappa shape index (κ3) is 4.91. The van der Waals surface area contributed by atoms with E-state index in [1.165, 1.54) is 5.56 Å². The maximum absolute atomic E-state index is 12.2. The number of hydrogen-bond donors (Lipinski definition) is 1. The Balaban J connectivity index is 0.00000132. The van der Waals surface area contributed by atoms with E-state index in [-0.39, 0.29) is 36.8 Å². The van der Waals surface area contributed by atoms with Gasteiger partial charge in [-0.3, -0.25) is 4.79 Å². The number of benzene rings is 1. The van der Waals surface area contributed by atoms with Gasteiger partial charge in [0.25, 0.3) is 0 Å². The molecule has 0 radical (unpaired) electrons. The summed E-state index contributed by atoms with van der Waals surface area (Å²) in [6.45, 7) is 3.51. The molecule has 2 heterocycles. The normalized spacial score (nSPS) is 16.6. The fraction of sp³-hybridized carbons (Fsp3) is 0.375. The first-order valence-electron chi connectivity index (χ1n) is 7.16. The first-order chi connectivity index (χ1) is 10.1. The molecule has 0 bridgehead atoms. The highest BCUT2D eigenvalue weighted by Gasteiger charge is 2.24. The predicted molar refractivity (Wildman–Crippen MR) is 99.7 cm³/mol. The first-order valence-corrected chi connectivity index (χ1v) is 8.04. The third-order valence-electron chi connectivity index (χ3n) is 3.73. The molecule has 23 heavy (non-hydrogen) atoms. The van der Waals surface area contributed by atoms with E-state index < -0.39 is 0 Å². The second-order valence-corrected chi connectivity index (χ2v) is 6.44. The lowest BCUT2D eigenvalue weighted by Crippen LogP contribution is -2.32. The van der Waals surface area contributed by atoms with Crippen molar-refractivity contribution in [2.45, 2.75) is 25.8 Å². The van der Waals surface area contributed by atoms with Crippen molar-refractivity contribution in [3.63, 3.8) is 0 Å². The number of nitrogens with two attached hydrogens (primary N) is 1. The Morgan fingerprint density at radius 3 is 2.87 bits per heavy atom. The van der Waals surface area contributed by atoms with Crippen LogP contribution in [0.4, 0.5) is 0 Å². The standard InChI is InChI=1S/C16H19N3OS.2ClH/c1-11-3-2-4-12(7-11)16-18-14(10-21-16)8-15(20)19-6-5-13(17)9-19;;/h2-4,7,10,13H,5-6,8-9,17H2,1H3;2*1H/t13-;;/m1../s1. The summed E-state index contributed by atoms with van der Waals surface area (Å²) in [5, 5.41) is 2.95. The zero-order valence-corrected chi connectivity index (χ0v) is 15.3. The van der Waals surface area contributed by atoms with Gasteiger partial charge in [-0.2, -0.15) is 0 Å². The minimum Gasteiger partial charge on any atom is -0.341 e. The maximum atomic E-state index is 12.2. The van der Waals surface area contributed by atoms with Crippen LogP contribution in [0.1, 0.15) is 17.7 Å². The van der Waals surface area contributed by atoms with Crippen molar-refractivity contribution in [3.8, 4) is 10.6 Å². The number of nitrogens with zero attached hydrogens (tertiary/aromatic N) is 2. The van der Waals surface area contributed by atoms with Gasteiger partial charge in [0.05, 0.1) is 12.1 Å². The van der Waals surface area contributed by atoms with E-state index in [0.29, 0.717) is 13.0 Å². The minimum atomic E-state index is 0. The summed E-state index contributed by atoms with van der Waals surface area (Å²) in [5.74, 6) is 0.129. The highest BCUT2D eigenvalue weighted by Crippen LogP contribution is 2.25. The molecule has 0 saturated carbocycles. The van der Waals surface area contributed by atoms with Crippen LogP contribution in [0.2, 0.25) is 0 Å². The summed E-state index contributed by atoms with van der Waals surface area (Å²) in [6, 6.07) is 8.40. The third-order valence-corrected chi connectivity index (χ3v) is 4.67. The van der Waals surface area contributed by atoms with Crippen molar-refractivity contribution in [2.75, 3.05) is 13.1 Å². The number of likely N-dealkylation sites (tertiary alicyclic amines) is 1. The summed E-state index contributed by atoms with van der Waals surface area (Å²) in [7, 11) is 0. The Morgan fingerprint density at radius 2 is 2.22 bits per heavy atom. The van der Waals surface area contributed by atoms with Crippen LogP contribution >= 0.6 is 36.2 Å². The minimum absolute atomic E-state index is 0. The largest absolute Gasteiger partial charge is 0.341 e. The number of rotatable bonds is 3. The molecule has 1 aliphatic rings. The van der Waals surface area contributed by atoms with Gasteiger partial charge in [0, 0.05) is 30.1 Å². The van der Waals surface area contributed by atoms with Gasteiger partial charge in [-0.25, -0.2) is 4.98 Å². The molecule has 1 fully saturated rings. The highest BCUT2D eigenvalue weighted by molar-refractivity contribution is 7.13. The lowest BCUT2D eigenvalue weighted by atomic mass is 10.1. The van der Waals surface area contributed by atoms with Crippen LogP contribution in [0.15, 0.2) is 29.6 Å². The SMILES string of the molecule is Cc1cccc(-c2nc(CC(=O)N3CC[C@@H](N)C3)cs2)c1.Cl.Cl. The van der Waals surface area contributed by atoms with Crippen LogP contribution in [0.5, 0.6) is 0 Å². The van der Waals surface area contributed by atoms with Gasteiger partial charge < -0.3 is 10.6 Å². The molecule has 3 rings (SSSR count). The van der Waals surface area contributed by atoms with Gasteiger partial charge in [-0.05, 0) is 19.4 Å². The zero-order valence-electron chi connectivity index (χ0n) is 12.9. The molecule has 1 aromatic carbocycles. The van der Waals surface area contributed by atoms with Crippen LogP contribution in [0.25, 0.3) is 10.6 Å². The van der Waals surface area contributed by atoms with E-state index in [0.717, 1.165) is 29.2 Å². The Morgan fingerprint density at radius 1 is 1.43 bits per heavy atom. The number of halogens is 2. The second kappa shape index (κ2) is 8.64.